The monoisotopic (exact) mass is 347 g/mol. The van der Waals surface area contributed by atoms with Crippen LogP contribution in [0.3, 0.4) is 0 Å². The molecule has 0 saturated carbocycles. The van der Waals surface area contributed by atoms with Gasteiger partial charge in [-0.1, -0.05) is 6.07 Å². The molecule has 0 aliphatic carbocycles. The first-order chi connectivity index (χ1) is 12.7. The van der Waals surface area contributed by atoms with Crippen LogP contribution in [0, 0.1) is 0 Å². The number of hydrogen-bond donors (Lipinski definition) is 1. The molecule has 130 valence electrons. The van der Waals surface area contributed by atoms with E-state index in [9.17, 15) is 9.59 Å². The zero-order valence-corrected chi connectivity index (χ0v) is 14.0. The number of carbonyl (C=O) groups is 1. The molecule has 0 bridgehead atoms. The summed E-state index contributed by atoms with van der Waals surface area (Å²) in [6.07, 6.45) is 6.52. The normalized spacial score (nSPS) is 16.6. The smallest absolute Gasteiger partial charge is 0.273 e. The molecule has 1 N–H and O–H groups in total. The Balaban J connectivity index is 1.69. The van der Waals surface area contributed by atoms with Crippen LogP contribution in [-0.4, -0.2) is 37.3 Å². The standard InChI is InChI=1S/C19H17N5O2/c25-17-12-15(13-6-9-20-10-7-13)22-18(23-17)16-5-3-11-24(16)19(26)14-4-1-2-8-21-14/h1-2,4,6-10,12,16H,3,5,11H2,(H,22,23,25)/t16-/m0/s1. The zero-order valence-electron chi connectivity index (χ0n) is 14.0. The first kappa shape index (κ1) is 16.1. The number of aromatic nitrogens is 4. The summed E-state index contributed by atoms with van der Waals surface area (Å²) in [6.45, 7) is 0.614. The van der Waals surface area contributed by atoms with Crippen LogP contribution < -0.4 is 5.56 Å². The summed E-state index contributed by atoms with van der Waals surface area (Å²) in [6, 6.07) is 10.1. The van der Waals surface area contributed by atoms with Gasteiger partial charge in [0.1, 0.15) is 11.5 Å². The molecule has 0 aromatic carbocycles. The van der Waals surface area contributed by atoms with E-state index in [0.717, 1.165) is 18.4 Å². The molecular weight excluding hydrogens is 330 g/mol. The van der Waals surface area contributed by atoms with E-state index < -0.39 is 0 Å². The average molecular weight is 347 g/mol. The Morgan fingerprint density at radius 3 is 2.77 bits per heavy atom. The minimum atomic E-state index is -0.265. The van der Waals surface area contributed by atoms with Gasteiger partial charge in [0.15, 0.2) is 0 Å². The van der Waals surface area contributed by atoms with Crippen LogP contribution in [0.5, 0.6) is 0 Å². The third-order valence-corrected chi connectivity index (χ3v) is 4.45. The lowest BCUT2D eigenvalue weighted by molar-refractivity contribution is 0.0723. The van der Waals surface area contributed by atoms with Crippen molar-refractivity contribution in [2.75, 3.05) is 6.54 Å². The minimum absolute atomic E-state index is 0.148. The van der Waals surface area contributed by atoms with Gasteiger partial charge in [-0.15, -0.1) is 0 Å². The summed E-state index contributed by atoms with van der Waals surface area (Å²) in [5.74, 6) is 0.358. The number of H-pyrrole nitrogens is 1. The number of likely N-dealkylation sites (tertiary alicyclic amines) is 1. The molecule has 1 aliphatic heterocycles. The van der Waals surface area contributed by atoms with E-state index in [2.05, 4.69) is 19.9 Å². The van der Waals surface area contributed by atoms with E-state index in [1.165, 1.54) is 6.07 Å². The minimum Gasteiger partial charge on any atom is -0.327 e. The summed E-state index contributed by atoms with van der Waals surface area (Å²) in [5.41, 5.74) is 1.54. The van der Waals surface area contributed by atoms with Gasteiger partial charge in [0.2, 0.25) is 0 Å². The zero-order chi connectivity index (χ0) is 17.9. The van der Waals surface area contributed by atoms with Crippen molar-refractivity contribution in [3.05, 3.63) is 76.9 Å². The predicted octanol–water partition coefficient (Wildman–Crippen LogP) is 2.20. The van der Waals surface area contributed by atoms with Crippen LogP contribution in [0.2, 0.25) is 0 Å². The quantitative estimate of drug-likeness (QED) is 0.784. The van der Waals surface area contributed by atoms with Crippen molar-refractivity contribution in [3.63, 3.8) is 0 Å². The maximum Gasteiger partial charge on any atom is 0.273 e. The topological polar surface area (TPSA) is 91.8 Å². The van der Waals surface area contributed by atoms with Crippen molar-refractivity contribution < 1.29 is 4.79 Å². The van der Waals surface area contributed by atoms with Gasteiger partial charge in [-0.2, -0.15) is 0 Å². The molecule has 7 heteroatoms. The van der Waals surface area contributed by atoms with Crippen LogP contribution in [0.15, 0.2) is 59.8 Å². The fourth-order valence-corrected chi connectivity index (χ4v) is 3.24. The second-order valence-electron chi connectivity index (χ2n) is 6.12. The number of hydrogen-bond acceptors (Lipinski definition) is 5. The highest BCUT2D eigenvalue weighted by Gasteiger charge is 2.33. The molecule has 3 aromatic heterocycles. The highest BCUT2D eigenvalue weighted by molar-refractivity contribution is 5.92. The van der Waals surface area contributed by atoms with E-state index in [1.54, 1.807) is 53.8 Å². The van der Waals surface area contributed by atoms with Gasteiger partial charge in [0.05, 0.1) is 11.7 Å². The summed E-state index contributed by atoms with van der Waals surface area (Å²) in [5, 5.41) is 0. The Morgan fingerprint density at radius 2 is 2.00 bits per heavy atom. The fourth-order valence-electron chi connectivity index (χ4n) is 3.24. The number of aromatic amines is 1. The van der Waals surface area contributed by atoms with E-state index in [-0.39, 0.29) is 17.5 Å². The van der Waals surface area contributed by atoms with E-state index >= 15 is 0 Å². The molecule has 26 heavy (non-hydrogen) atoms. The Hall–Kier alpha value is -3.35. The largest absolute Gasteiger partial charge is 0.327 e. The number of nitrogens with zero attached hydrogens (tertiary/aromatic N) is 4. The number of nitrogens with one attached hydrogen (secondary N) is 1. The maximum absolute atomic E-state index is 12.8. The lowest BCUT2D eigenvalue weighted by Gasteiger charge is -2.23. The Kier molecular flexibility index (Phi) is 4.27. The molecule has 0 spiro atoms. The van der Waals surface area contributed by atoms with Crippen molar-refractivity contribution in [2.45, 2.75) is 18.9 Å². The molecule has 1 aliphatic rings. The van der Waals surface area contributed by atoms with Crippen LogP contribution in [0.4, 0.5) is 0 Å². The predicted molar refractivity (Wildman–Crippen MR) is 95.3 cm³/mol. The number of pyridine rings is 2. The van der Waals surface area contributed by atoms with Gasteiger partial charge >= 0.3 is 0 Å². The van der Waals surface area contributed by atoms with Gasteiger partial charge in [0.25, 0.3) is 11.5 Å². The highest BCUT2D eigenvalue weighted by Crippen LogP contribution is 2.31. The Morgan fingerprint density at radius 1 is 1.15 bits per heavy atom. The van der Waals surface area contributed by atoms with Crippen molar-refractivity contribution in [3.8, 4) is 11.3 Å². The number of amides is 1. The van der Waals surface area contributed by atoms with Crippen LogP contribution in [0.25, 0.3) is 11.3 Å². The molecule has 3 aromatic rings. The van der Waals surface area contributed by atoms with Crippen molar-refractivity contribution in [1.29, 1.82) is 0 Å². The lowest BCUT2D eigenvalue weighted by Crippen LogP contribution is -2.33. The molecule has 1 fully saturated rings. The Labute approximate surface area is 149 Å². The molecule has 1 saturated heterocycles. The summed E-state index contributed by atoms with van der Waals surface area (Å²) in [7, 11) is 0. The molecule has 4 rings (SSSR count). The summed E-state index contributed by atoms with van der Waals surface area (Å²) < 4.78 is 0. The molecule has 0 unspecified atom stereocenters. The average Bonchev–Trinajstić information content (AvgIpc) is 3.18. The van der Waals surface area contributed by atoms with Crippen molar-refractivity contribution in [2.24, 2.45) is 0 Å². The molecule has 0 radical (unpaired) electrons. The summed E-state index contributed by atoms with van der Waals surface area (Å²) >= 11 is 0. The van der Waals surface area contributed by atoms with Gasteiger partial charge in [-0.25, -0.2) is 4.98 Å². The molecule has 7 nitrogen and oxygen atoms in total. The van der Waals surface area contributed by atoms with Gasteiger partial charge in [0, 0.05) is 36.8 Å². The van der Waals surface area contributed by atoms with Gasteiger partial charge in [-0.3, -0.25) is 19.6 Å². The highest BCUT2D eigenvalue weighted by atomic mass is 16.2. The maximum atomic E-state index is 12.8. The van der Waals surface area contributed by atoms with E-state index in [1.807, 2.05) is 0 Å². The third-order valence-electron chi connectivity index (χ3n) is 4.45. The van der Waals surface area contributed by atoms with E-state index in [0.29, 0.717) is 23.8 Å². The third kappa shape index (κ3) is 3.11. The fraction of sp³-hybridized carbons (Fsp3) is 0.211. The second kappa shape index (κ2) is 6.87. The van der Waals surface area contributed by atoms with Crippen LogP contribution >= 0.6 is 0 Å². The van der Waals surface area contributed by atoms with Crippen molar-refractivity contribution in [1.82, 2.24) is 24.8 Å². The van der Waals surface area contributed by atoms with E-state index in [4.69, 9.17) is 0 Å². The number of rotatable bonds is 3. The molecule has 1 amide bonds. The second-order valence-corrected chi connectivity index (χ2v) is 6.12. The molecular formula is C19H17N5O2. The Bertz CT molecular complexity index is 972. The summed E-state index contributed by atoms with van der Waals surface area (Å²) in [4.78, 5) is 42.2. The SMILES string of the molecule is O=C(c1ccccn1)N1CCC[C@H]1c1nc(-c2ccncc2)cc(=O)[nH]1. The van der Waals surface area contributed by atoms with Crippen molar-refractivity contribution >= 4 is 5.91 Å². The van der Waals surface area contributed by atoms with Crippen LogP contribution in [0.1, 0.15) is 35.2 Å². The van der Waals surface area contributed by atoms with Gasteiger partial charge in [-0.05, 0) is 37.1 Å². The molecule has 1 atom stereocenters. The van der Waals surface area contributed by atoms with Gasteiger partial charge < -0.3 is 9.88 Å². The molecule has 4 heterocycles. The lowest BCUT2D eigenvalue weighted by atomic mass is 10.1. The van der Waals surface area contributed by atoms with Crippen LogP contribution in [-0.2, 0) is 0 Å². The number of carbonyl (C=O) groups excluding carboxylic acids is 1. The first-order valence-electron chi connectivity index (χ1n) is 8.46. The first-order valence-corrected chi connectivity index (χ1v) is 8.46.